The molecule has 0 radical (unpaired) electrons. The smallest absolute Gasteiger partial charge is 0.125 e. The van der Waals surface area contributed by atoms with E-state index in [0.29, 0.717) is 6.04 Å². The highest BCUT2D eigenvalue weighted by molar-refractivity contribution is 5.37. The molecule has 0 amide bonds. The van der Waals surface area contributed by atoms with E-state index in [1.165, 1.54) is 5.56 Å². The van der Waals surface area contributed by atoms with Crippen molar-refractivity contribution in [1.82, 2.24) is 4.90 Å². The van der Waals surface area contributed by atoms with Gasteiger partial charge in [-0.05, 0) is 19.5 Å². The van der Waals surface area contributed by atoms with E-state index in [2.05, 4.69) is 24.1 Å². The first-order valence-electron chi connectivity index (χ1n) is 5.90. The molecule has 1 fully saturated rings. The molecule has 3 nitrogen and oxygen atoms in total. The molecule has 0 N–H and O–H groups in total. The lowest BCUT2D eigenvalue weighted by atomic mass is 9.97. The third-order valence-corrected chi connectivity index (χ3v) is 3.55. The largest absolute Gasteiger partial charge is 0.493 e. The van der Waals surface area contributed by atoms with E-state index in [1.807, 2.05) is 12.1 Å². The quantitative estimate of drug-likeness (QED) is 0.664. The van der Waals surface area contributed by atoms with Crippen molar-refractivity contribution in [3.05, 3.63) is 29.8 Å². The highest BCUT2D eigenvalue weighted by atomic mass is 16.5. The Bertz CT molecular complexity index is 380. The zero-order chi connectivity index (χ0) is 11.0. The number of likely N-dealkylation sites (N-methyl/N-ethyl adjacent to an activating group) is 1. The van der Waals surface area contributed by atoms with Crippen LogP contribution < -0.4 is 4.74 Å². The maximum absolute atomic E-state index is 5.94. The van der Waals surface area contributed by atoms with Crippen molar-refractivity contribution < 1.29 is 9.47 Å². The fraction of sp³-hybridized carbons (Fsp3) is 0.538. The van der Waals surface area contributed by atoms with Crippen LogP contribution in [0.4, 0.5) is 0 Å². The Morgan fingerprint density at radius 2 is 2.12 bits per heavy atom. The standard InChI is InChI=1S/C13H17NO2/c1-14-7-9-16-13-10-4-2-3-5-12(10)15-8-6-11(13)14/h2-5,11,13H,6-9H2,1H3/t11-,13-/m1/s1. The van der Waals surface area contributed by atoms with Crippen molar-refractivity contribution in [2.45, 2.75) is 18.6 Å². The average molecular weight is 219 g/mol. The predicted molar refractivity (Wildman–Crippen MR) is 61.7 cm³/mol. The van der Waals surface area contributed by atoms with Gasteiger partial charge >= 0.3 is 0 Å². The van der Waals surface area contributed by atoms with Gasteiger partial charge in [-0.2, -0.15) is 0 Å². The van der Waals surface area contributed by atoms with Crippen LogP contribution in [0.15, 0.2) is 24.3 Å². The van der Waals surface area contributed by atoms with Gasteiger partial charge in [-0.15, -0.1) is 0 Å². The van der Waals surface area contributed by atoms with E-state index in [0.717, 1.165) is 31.9 Å². The molecule has 0 aliphatic carbocycles. The summed E-state index contributed by atoms with van der Waals surface area (Å²) in [7, 11) is 2.17. The van der Waals surface area contributed by atoms with Gasteiger partial charge in [-0.1, -0.05) is 18.2 Å². The molecule has 1 saturated heterocycles. The molecule has 2 aliphatic heterocycles. The van der Waals surface area contributed by atoms with Crippen LogP contribution in [-0.2, 0) is 4.74 Å². The third-order valence-electron chi connectivity index (χ3n) is 3.55. The maximum Gasteiger partial charge on any atom is 0.125 e. The predicted octanol–water partition coefficient (Wildman–Crippen LogP) is 1.84. The molecule has 16 heavy (non-hydrogen) atoms. The van der Waals surface area contributed by atoms with Crippen LogP contribution in [0, 0.1) is 0 Å². The van der Waals surface area contributed by atoms with Gasteiger partial charge in [-0.25, -0.2) is 0 Å². The first-order chi connectivity index (χ1) is 7.86. The van der Waals surface area contributed by atoms with Gasteiger partial charge < -0.3 is 9.47 Å². The van der Waals surface area contributed by atoms with Crippen molar-refractivity contribution in [3.63, 3.8) is 0 Å². The Morgan fingerprint density at radius 3 is 3.06 bits per heavy atom. The van der Waals surface area contributed by atoms with E-state index in [4.69, 9.17) is 9.47 Å². The topological polar surface area (TPSA) is 21.7 Å². The van der Waals surface area contributed by atoms with Crippen LogP contribution in [0.2, 0.25) is 0 Å². The summed E-state index contributed by atoms with van der Waals surface area (Å²) in [5.74, 6) is 0.991. The van der Waals surface area contributed by atoms with Gasteiger partial charge in [0.2, 0.25) is 0 Å². The molecule has 0 saturated carbocycles. The Balaban J connectivity index is 2.00. The lowest BCUT2D eigenvalue weighted by molar-refractivity contribution is -0.0644. The van der Waals surface area contributed by atoms with Crippen molar-refractivity contribution in [1.29, 1.82) is 0 Å². The minimum Gasteiger partial charge on any atom is -0.493 e. The van der Waals surface area contributed by atoms with Crippen LogP contribution in [0.1, 0.15) is 18.1 Å². The zero-order valence-electron chi connectivity index (χ0n) is 9.56. The molecule has 2 atom stereocenters. The molecule has 1 aromatic carbocycles. The summed E-state index contributed by atoms with van der Waals surface area (Å²) >= 11 is 0. The number of benzene rings is 1. The van der Waals surface area contributed by atoms with Gasteiger partial charge in [-0.3, -0.25) is 4.90 Å². The molecule has 0 spiro atoms. The number of hydrogen-bond acceptors (Lipinski definition) is 3. The van der Waals surface area contributed by atoms with Gasteiger partial charge in [0.05, 0.1) is 13.2 Å². The van der Waals surface area contributed by atoms with Gasteiger partial charge in [0.1, 0.15) is 11.9 Å². The summed E-state index contributed by atoms with van der Waals surface area (Å²) in [6, 6.07) is 8.69. The first kappa shape index (κ1) is 10.1. The summed E-state index contributed by atoms with van der Waals surface area (Å²) in [6.07, 6.45) is 1.22. The van der Waals surface area contributed by atoms with Crippen LogP contribution >= 0.6 is 0 Å². The highest BCUT2D eigenvalue weighted by Crippen LogP contribution is 2.37. The van der Waals surface area contributed by atoms with Crippen molar-refractivity contribution >= 4 is 0 Å². The van der Waals surface area contributed by atoms with Crippen molar-refractivity contribution in [2.24, 2.45) is 0 Å². The Kier molecular flexibility index (Phi) is 2.58. The van der Waals surface area contributed by atoms with Crippen LogP contribution in [0.25, 0.3) is 0 Å². The first-order valence-corrected chi connectivity index (χ1v) is 5.90. The number of fused-ring (bicyclic) bond motifs is 3. The monoisotopic (exact) mass is 219 g/mol. The second kappa shape index (κ2) is 4.07. The summed E-state index contributed by atoms with van der Waals surface area (Å²) in [4.78, 5) is 2.39. The maximum atomic E-state index is 5.94. The summed E-state index contributed by atoms with van der Waals surface area (Å²) < 4.78 is 11.7. The molecule has 0 bridgehead atoms. The number of morpholine rings is 1. The Hall–Kier alpha value is -1.06. The van der Waals surface area contributed by atoms with E-state index in [-0.39, 0.29) is 6.10 Å². The second-order valence-corrected chi connectivity index (χ2v) is 4.51. The minimum atomic E-state index is 0.178. The summed E-state index contributed by atoms with van der Waals surface area (Å²) in [5.41, 5.74) is 1.21. The molecule has 3 heteroatoms. The molecule has 0 unspecified atom stereocenters. The number of ether oxygens (including phenoxy) is 2. The van der Waals surface area contributed by atoms with Crippen LogP contribution in [-0.4, -0.2) is 37.7 Å². The van der Waals surface area contributed by atoms with E-state index in [9.17, 15) is 0 Å². The highest BCUT2D eigenvalue weighted by Gasteiger charge is 2.34. The van der Waals surface area contributed by atoms with E-state index < -0.39 is 0 Å². The molecular weight excluding hydrogens is 202 g/mol. The van der Waals surface area contributed by atoms with Crippen LogP contribution in [0.3, 0.4) is 0 Å². The molecule has 86 valence electrons. The number of nitrogens with zero attached hydrogens (tertiary/aromatic N) is 1. The normalized spacial score (nSPS) is 29.8. The van der Waals surface area contributed by atoms with Gasteiger partial charge in [0.15, 0.2) is 0 Å². The SMILES string of the molecule is CN1CCO[C@@H]2c3ccccc3OCC[C@H]21. The number of hydrogen-bond donors (Lipinski definition) is 0. The van der Waals surface area contributed by atoms with Crippen molar-refractivity contribution in [2.75, 3.05) is 26.8 Å². The molecule has 2 heterocycles. The summed E-state index contributed by atoms with van der Waals surface area (Å²) in [6.45, 7) is 2.61. The number of para-hydroxylation sites is 1. The molecular formula is C13H17NO2. The fourth-order valence-electron chi connectivity index (χ4n) is 2.64. The number of rotatable bonds is 0. The Labute approximate surface area is 96.0 Å². The molecule has 1 aromatic rings. The second-order valence-electron chi connectivity index (χ2n) is 4.51. The fourth-order valence-corrected chi connectivity index (χ4v) is 2.64. The summed E-state index contributed by atoms with van der Waals surface area (Å²) in [5, 5.41) is 0. The van der Waals surface area contributed by atoms with Gasteiger partial charge in [0.25, 0.3) is 0 Å². The lowest BCUT2D eigenvalue weighted by Crippen LogP contribution is -2.44. The minimum absolute atomic E-state index is 0.178. The van der Waals surface area contributed by atoms with E-state index >= 15 is 0 Å². The van der Waals surface area contributed by atoms with Crippen LogP contribution in [0.5, 0.6) is 5.75 Å². The van der Waals surface area contributed by atoms with Crippen molar-refractivity contribution in [3.8, 4) is 5.75 Å². The third kappa shape index (κ3) is 1.60. The van der Waals surface area contributed by atoms with E-state index in [1.54, 1.807) is 0 Å². The molecule has 2 aliphatic rings. The Morgan fingerprint density at radius 1 is 1.25 bits per heavy atom. The zero-order valence-corrected chi connectivity index (χ0v) is 9.56. The lowest BCUT2D eigenvalue weighted by Gasteiger charge is -2.38. The molecule has 0 aromatic heterocycles. The average Bonchev–Trinajstić information content (AvgIpc) is 2.50. The molecule has 3 rings (SSSR count). The van der Waals surface area contributed by atoms with Gasteiger partial charge in [0, 0.05) is 18.2 Å².